The number of fused-ring (bicyclic) bond motifs is 1. The average Bonchev–Trinajstić information content (AvgIpc) is 3.26. The second kappa shape index (κ2) is 9.04. The monoisotopic (exact) mass is 448 g/mol. The topological polar surface area (TPSA) is 125 Å². The minimum Gasteiger partial charge on any atom is -0.496 e. The first kappa shape index (κ1) is 21.9. The van der Waals surface area contributed by atoms with Gasteiger partial charge in [-0.1, -0.05) is 12.1 Å². The largest absolute Gasteiger partial charge is 0.496 e. The number of methoxy groups -OCH3 is 3. The zero-order chi connectivity index (χ0) is 23.5. The van der Waals surface area contributed by atoms with Crippen LogP contribution in [0.3, 0.4) is 0 Å². The Balaban J connectivity index is 1.99. The van der Waals surface area contributed by atoms with E-state index in [4.69, 9.17) is 29.4 Å². The van der Waals surface area contributed by atoms with Gasteiger partial charge in [-0.05, 0) is 19.1 Å². The minimum atomic E-state index is -0.668. The molecule has 3 aromatic rings. The number of nitrogens with one attached hydrogen (secondary N) is 1. The summed E-state index contributed by atoms with van der Waals surface area (Å²) in [4.78, 5) is 0. The summed E-state index contributed by atoms with van der Waals surface area (Å²) in [6.45, 7) is 2.46. The van der Waals surface area contributed by atoms with E-state index >= 15 is 0 Å². The molecule has 33 heavy (non-hydrogen) atoms. The zero-order valence-electron chi connectivity index (χ0n) is 18.8. The third kappa shape index (κ3) is 3.76. The van der Waals surface area contributed by atoms with Crippen molar-refractivity contribution < 1.29 is 23.7 Å². The lowest BCUT2D eigenvalue weighted by Crippen LogP contribution is -2.21. The molecule has 4 rings (SSSR count). The van der Waals surface area contributed by atoms with E-state index < -0.39 is 5.92 Å². The van der Waals surface area contributed by atoms with E-state index in [9.17, 15) is 5.26 Å². The Hall–Kier alpha value is -4.32. The maximum atomic E-state index is 10.0. The maximum Gasteiger partial charge on any atom is 0.244 e. The van der Waals surface area contributed by atoms with Crippen LogP contribution in [0.4, 0.5) is 0 Å². The Bertz CT molecular complexity index is 1230. The molecular weight excluding hydrogens is 424 g/mol. The van der Waals surface area contributed by atoms with Crippen LogP contribution in [-0.4, -0.2) is 38.1 Å². The molecular formula is C24H24N4O5. The van der Waals surface area contributed by atoms with Crippen molar-refractivity contribution >= 4 is 0 Å². The molecule has 9 heteroatoms. The smallest absolute Gasteiger partial charge is 0.244 e. The van der Waals surface area contributed by atoms with Crippen LogP contribution in [0.1, 0.15) is 24.0 Å². The fourth-order valence-corrected chi connectivity index (χ4v) is 3.98. The standard InChI is InChI=1S/C24H24N4O5/c1-5-32-14-8-6-7-13(9-14)22-21-19(16(12-25)23(26)33-24(21)28-27-22)20-17(30-3)10-15(29-2)11-18(20)31-4/h6-11,19H,5,26H2,1-4H3,(H,27,28). The summed E-state index contributed by atoms with van der Waals surface area (Å²) < 4.78 is 28.1. The summed E-state index contributed by atoms with van der Waals surface area (Å²) in [5, 5.41) is 17.4. The van der Waals surface area contributed by atoms with Gasteiger partial charge < -0.3 is 29.4 Å². The molecule has 1 unspecified atom stereocenters. The highest BCUT2D eigenvalue weighted by Gasteiger charge is 2.39. The Kier molecular flexibility index (Phi) is 6.00. The molecule has 1 atom stereocenters. The summed E-state index contributed by atoms with van der Waals surface area (Å²) >= 11 is 0. The zero-order valence-corrected chi connectivity index (χ0v) is 18.8. The van der Waals surface area contributed by atoms with Crippen molar-refractivity contribution in [3.63, 3.8) is 0 Å². The number of hydrogen-bond donors (Lipinski definition) is 2. The van der Waals surface area contributed by atoms with Gasteiger partial charge in [0.15, 0.2) is 0 Å². The van der Waals surface area contributed by atoms with Gasteiger partial charge in [0.25, 0.3) is 0 Å². The molecule has 9 nitrogen and oxygen atoms in total. The van der Waals surface area contributed by atoms with Gasteiger partial charge in [-0.2, -0.15) is 5.26 Å². The van der Waals surface area contributed by atoms with Gasteiger partial charge in [-0.3, -0.25) is 5.10 Å². The molecule has 0 saturated heterocycles. The highest BCUT2D eigenvalue weighted by atomic mass is 16.5. The van der Waals surface area contributed by atoms with E-state index in [0.29, 0.717) is 46.4 Å². The Morgan fingerprint density at radius 1 is 1.06 bits per heavy atom. The molecule has 1 aliphatic heterocycles. The quantitative estimate of drug-likeness (QED) is 0.560. The number of nitriles is 1. The van der Waals surface area contributed by atoms with Gasteiger partial charge in [0, 0.05) is 23.3 Å². The lowest BCUT2D eigenvalue weighted by atomic mass is 9.82. The van der Waals surface area contributed by atoms with Gasteiger partial charge in [-0.25, -0.2) is 0 Å². The Labute approximate surface area is 191 Å². The first-order chi connectivity index (χ1) is 16.1. The maximum absolute atomic E-state index is 10.0. The van der Waals surface area contributed by atoms with E-state index in [-0.39, 0.29) is 17.3 Å². The van der Waals surface area contributed by atoms with Crippen LogP contribution in [0.2, 0.25) is 0 Å². The van der Waals surface area contributed by atoms with Crippen molar-refractivity contribution in [3.8, 4) is 46.2 Å². The molecule has 1 aromatic heterocycles. The van der Waals surface area contributed by atoms with Crippen LogP contribution in [0.15, 0.2) is 47.9 Å². The first-order valence-corrected chi connectivity index (χ1v) is 10.2. The van der Waals surface area contributed by atoms with Gasteiger partial charge in [0.1, 0.15) is 34.6 Å². The van der Waals surface area contributed by atoms with Crippen molar-refractivity contribution in [2.24, 2.45) is 5.73 Å². The highest BCUT2D eigenvalue weighted by Crippen LogP contribution is 2.51. The lowest BCUT2D eigenvalue weighted by molar-refractivity contribution is 0.340. The van der Waals surface area contributed by atoms with Crippen LogP contribution >= 0.6 is 0 Å². The number of aromatic nitrogens is 2. The number of H-pyrrole nitrogens is 1. The molecule has 3 N–H and O–H groups in total. The van der Waals surface area contributed by atoms with E-state index in [1.54, 1.807) is 33.5 Å². The fraction of sp³-hybridized carbons (Fsp3) is 0.250. The number of ether oxygens (including phenoxy) is 5. The molecule has 0 saturated carbocycles. The predicted octanol–water partition coefficient (Wildman–Crippen LogP) is 3.72. The summed E-state index contributed by atoms with van der Waals surface area (Å²) in [7, 11) is 4.64. The second-order valence-corrected chi connectivity index (χ2v) is 7.15. The van der Waals surface area contributed by atoms with Crippen molar-refractivity contribution in [3.05, 3.63) is 59.0 Å². The van der Waals surface area contributed by atoms with Crippen LogP contribution in [0.5, 0.6) is 28.9 Å². The number of nitrogens with zero attached hydrogens (tertiary/aromatic N) is 2. The minimum absolute atomic E-state index is 0.0314. The molecule has 170 valence electrons. The lowest BCUT2D eigenvalue weighted by Gasteiger charge is -2.27. The molecule has 1 aliphatic rings. The van der Waals surface area contributed by atoms with Crippen LogP contribution in [-0.2, 0) is 0 Å². The predicted molar refractivity (Wildman–Crippen MR) is 121 cm³/mol. The third-order valence-corrected chi connectivity index (χ3v) is 5.41. The molecule has 0 bridgehead atoms. The average molecular weight is 448 g/mol. The molecule has 0 spiro atoms. The summed E-state index contributed by atoms with van der Waals surface area (Å²) in [6, 6.07) is 13.2. The molecule has 0 amide bonds. The Morgan fingerprint density at radius 3 is 2.39 bits per heavy atom. The van der Waals surface area contributed by atoms with E-state index in [1.807, 2.05) is 31.2 Å². The SMILES string of the molecule is CCOc1cccc(-c2[nH]nc3c2C(c2c(OC)cc(OC)cc2OC)C(C#N)=C(N)O3)c1. The van der Waals surface area contributed by atoms with E-state index in [1.165, 1.54) is 0 Å². The van der Waals surface area contributed by atoms with Crippen molar-refractivity contribution in [1.29, 1.82) is 5.26 Å². The van der Waals surface area contributed by atoms with Gasteiger partial charge in [0.2, 0.25) is 11.8 Å². The third-order valence-electron chi connectivity index (χ3n) is 5.41. The van der Waals surface area contributed by atoms with Crippen LogP contribution < -0.4 is 29.4 Å². The molecule has 0 aliphatic carbocycles. The van der Waals surface area contributed by atoms with Gasteiger partial charge >= 0.3 is 0 Å². The normalized spacial score (nSPS) is 14.7. The summed E-state index contributed by atoms with van der Waals surface area (Å²) in [5.74, 6) is 1.77. The molecule has 2 aromatic carbocycles. The molecule has 2 heterocycles. The Morgan fingerprint density at radius 2 is 1.79 bits per heavy atom. The number of allylic oxidation sites excluding steroid dienone is 1. The number of rotatable bonds is 7. The number of hydrogen-bond acceptors (Lipinski definition) is 8. The first-order valence-electron chi connectivity index (χ1n) is 10.2. The van der Waals surface area contributed by atoms with Crippen LogP contribution in [0, 0.1) is 11.3 Å². The summed E-state index contributed by atoms with van der Waals surface area (Å²) in [5.41, 5.74) is 9.07. The second-order valence-electron chi connectivity index (χ2n) is 7.15. The molecule has 0 radical (unpaired) electrons. The van der Waals surface area contributed by atoms with Crippen molar-refractivity contribution in [1.82, 2.24) is 10.2 Å². The molecule has 0 fully saturated rings. The number of benzene rings is 2. The highest BCUT2D eigenvalue weighted by molar-refractivity contribution is 5.73. The summed E-state index contributed by atoms with van der Waals surface area (Å²) in [6.07, 6.45) is 0. The number of aromatic amines is 1. The van der Waals surface area contributed by atoms with E-state index in [0.717, 1.165) is 5.56 Å². The van der Waals surface area contributed by atoms with Crippen molar-refractivity contribution in [2.45, 2.75) is 12.8 Å². The fourth-order valence-electron chi connectivity index (χ4n) is 3.98. The van der Waals surface area contributed by atoms with Crippen molar-refractivity contribution in [2.75, 3.05) is 27.9 Å². The van der Waals surface area contributed by atoms with Crippen LogP contribution in [0.25, 0.3) is 11.3 Å². The number of nitrogens with two attached hydrogens (primary N) is 1. The van der Waals surface area contributed by atoms with E-state index in [2.05, 4.69) is 16.3 Å². The van der Waals surface area contributed by atoms with Gasteiger partial charge in [0.05, 0.1) is 45.1 Å². The van der Waals surface area contributed by atoms with Gasteiger partial charge in [-0.15, -0.1) is 5.10 Å².